The molecule has 0 spiro atoms. The zero-order valence-electron chi connectivity index (χ0n) is 11.9. The van der Waals surface area contributed by atoms with E-state index in [1.165, 1.54) is 19.1 Å². The van der Waals surface area contributed by atoms with Crippen molar-refractivity contribution >= 4 is 29.2 Å². The van der Waals surface area contributed by atoms with Crippen molar-refractivity contribution in [1.29, 1.82) is 0 Å². The highest BCUT2D eigenvalue weighted by Gasteiger charge is 2.53. The molecule has 2 amide bonds. The van der Waals surface area contributed by atoms with Crippen LogP contribution < -0.4 is 0 Å². The second kappa shape index (κ2) is 5.06. The van der Waals surface area contributed by atoms with Crippen molar-refractivity contribution in [1.82, 2.24) is 4.90 Å². The standard InChI is InChI=1S/C15H11ClFNO5/c1-15(11-7(16)3-2-4-8(11)17)13(22)12(21)14(23-15)18-9(19)5-6-10(18)20/h2-4,21H,5-6H2,1H3. The zero-order chi connectivity index (χ0) is 16.9. The van der Waals surface area contributed by atoms with E-state index in [1.54, 1.807) is 0 Å². The molecule has 1 unspecified atom stereocenters. The Balaban J connectivity index is 2.08. The number of imide groups is 1. The molecule has 6 nitrogen and oxygen atoms in total. The van der Waals surface area contributed by atoms with Gasteiger partial charge >= 0.3 is 0 Å². The van der Waals surface area contributed by atoms with Crippen molar-refractivity contribution in [3.63, 3.8) is 0 Å². The lowest BCUT2D eigenvalue weighted by atomic mass is 9.91. The topological polar surface area (TPSA) is 83.9 Å². The first kappa shape index (κ1) is 15.5. The van der Waals surface area contributed by atoms with Crippen LogP contribution in [0, 0.1) is 5.82 Å². The lowest BCUT2D eigenvalue weighted by Crippen LogP contribution is -2.34. The van der Waals surface area contributed by atoms with Crippen LogP contribution in [0.2, 0.25) is 5.02 Å². The molecule has 1 atom stereocenters. The quantitative estimate of drug-likeness (QED) is 0.835. The minimum absolute atomic E-state index is 0.0513. The molecule has 1 saturated heterocycles. The van der Waals surface area contributed by atoms with Gasteiger partial charge in [-0.25, -0.2) is 9.29 Å². The lowest BCUT2D eigenvalue weighted by Gasteiger charge is -2.26. The Labute approximate surface area is 135 Å². The number of nitrogens with zero attached hydrogens (tertiary/aromatic N) is 1. The number of rotatable bonds is 2. The SMILES string of the molecule is CC1(c2c(F)cccc2Cl)OC(N2C(=O)CCC2=O)=C(O)C1=O. The predicted octanol–water partition coefficient (Wildman–Crippen LogP) is 2.17. The minimum Gasteiger partial charge on any atom is -0.501 e. The summed E-state index contributed by atoms with van der Waals surface area (Å²) >= 11 is 5.96. The van der Waals surface area contributed by atoms with Gasteiger partial charge in [0.2, 0.25) is 23.2 Å². The second-order valence-corrected chi connectivity index (χ2v) is 5.74. The molecule has 0 radical (unpaired) electrons. The van der Waals surface area contributed by atoms with Crippen LogP contribution in [-0.2, 0) is 24.7 Å². The molecular formula is C15H11ClFNO5. The van der Waals surface area contributed by atoms with Crippen LogP contribution in [0.25, 0.3) is 0 Å². The van der Waals surface area contributed by atoms with Gasteiger partial charge in [-0.15, -0.1) is 0 Å². The number of aliphatic hydroxyl groups excluding tert-OH is 1. The molecule has 2 aliphatic heterocycles. The van der Waals surface area contributed by atoms with E-state index in [9.17, 15) is 23.9 Å². The number of aliphatic hydroxyl groups is 1. The maximum Gasteiger partial charge on any atom is 0.252 e. The number of amides is 2. The summed E-state index contributed by atoms with van der Waals surface area (Å²) in [5.74, 6) is -4.48. The van der Waals surface area contributed by atoms with Crippen LogP contribution in [-0.4, -0.2) is 27.6 Å². The average molecular weight is 340 g/mol. The molecule has 120 valence electrons. The van der Waals surface area contributed by atoms with E-state index >= 15 is 0 Å². The average Bonchev–Trinajstić information content (AvgIpc) is 2.92. The summed E-state index contributed by atoms with van der Waals surface area (Å²) in [4.78, 5) is 36.6. The third kappa shape index (κ3) is 2.11. The van der Waals surface area contributed by atoms with Gasteiger partial charge in [0.05, 0.1) is 10.6 Å². The highest BCUT2D eigenvalue weighted by atomic mass is 35.5. The van der Waals surface area contributed by atoms with Gasteiger partial charge in [-0.3, -0.25) is 14.4 Å². The van der Waals surface area contributed by atoms with Crippen molar-refractivity contribution in [3.8, 4) is 0 Å². The number of hydrogen-bond donors (Lipinski definition) is 1. The van der Waals surface area contributed by atoms with Gasteiger partial charge in [-0.1, -0.05) is 17.7 Å². The van der Waals surface area contributed by atoms with E-state index in [0.717, 1.165) is 6.07 Å². The largest absolute Gasteiger partial charge is 0.501 e. The Morgan fingerprint density at radius 2 is 1.87 bits per heavy atom. The van der Waals surface area contributed by atoms with Crippen molar-refractivity contribution in [2.24, 2.45) is 0 Å². The molecule has 2 heterocycles. The maximum atomic E-state index is 14.1. The first-order valence-electron chi connectivity index (χ1n) is 6.74. The summed E-state index contributed by atoms with van der Waals surface area (Å²) in [6.45, 7) is 1.22. The highest BCUT2D eigenvalue weighted by molar-refractivity contribution is 6.32. The van der Waals surface area contributed by atoms with Gasteiger partial charge in [0.1, 0.15) is 5.82 Å². The molecule has 1 aromatic rings. The third-order valence-corrected chi connectivity index (χ3v) is 4.16. The predicted molar refractivity (Wildman–Crippen MR) is 75.6 cm³/mol. The Morgan fingerprint density at radius 3 is 2.43 bits per heavy atom. The number of carbonyl (C=O) groups excluding carboxylic acids is 3. The van der Waals surface area contributed by atoms with Crippen LogP contribution in [0.15, 0.2) is 29.8 Å². The van der Waals surface area contributed by atoms with Gasteiger partial charge in [-0.05, 0) is 19.1 Å². The molecule has 23 heavy (non-hydrogen) atoms. The number of benzene rings is 1. The van der Waals surface area contributed by atoms with Crippen molar-refractivity contribution < 1.29 is 28.6 Å². The molecule has 0 bridgehead atoms. The molecular weight excluding hydrogens is 329 g/mol. The number of hydrogen-bond acceptors (Lipinski definition) is 5. The Kier molecular flexibility index (Phi) is 3.40. The summed E-state index contributed by atoms with van der Waals surface area (Å²) in [6.07, 6.45) is -0.103. The van der Waals surface area contributed by atoms with E-state index in [1.807, 2.05) is 0 Å². The zero-order valence-corrected chi connectivity index (χ0v) is 12.7. The van der Waals surface area contributed by atoms with E-state index in [0.29, 0.717) is 4.90 Å². The van der Waals surface area contributed by atoms with Crippen LogP contribution in [0.1, 0.15) is 25.3 Å². The first-order chi connectivity index (χ1) is 10.8. The molecule has 2 aliphatic rings. The second-order valence-electron chi connectivity index (χ2n) is 5.34. The summed E-state index contributed by atoms with van der Waals surface area (Å²) in [5, 5.41) is 9.95. The smallest absolute Gasteiger partial charge is 0.252 e. The Morgan fingerprint density at radius 1 is 1.26 bits per heavy atom. The van der Waals surface area contributed by atoms with Gasteiger partial charge in [0, 0.05) is 12.8 Å². The highest BCUT2D eigenvalue weighted by Crippen LogP contribution is 2.43. The molecule has 1 fully saturated rings. The molecule has 0 aromatic heterocycles. The summed E-state index contributed by atoms with van der Waals surface area (Å²) in [6, 6.07) is 3.80. The van der Waals surface area contributed by atoms with Gasteiger partial charge < -0.3 is 9.84 Å². The Bertz CT molecular complexity index is 754. The molecule has 3 rings (SSSR count). The number of Topliss-reactive ketones (excluding diaryl/α,β-unsaturated/α-hetero) is 1. The van der Waals surface area contributed by atoms with Crippen LogP contribution in [0.5, 0.6) is 0 Å². The minimum atomic E-state index is -1.97. The molecule has 0 saturated carbocycles. The number of ether oxygens (including phenoxy) is 1. The lowest BCUT2D eigenvalue weighted by molar-refractivity contribution is -0.144. The summed E-state index contributed by atoms with van der Waals surface area (Å²) < 4.78 is 19.5. The number of ketones is 1. The van der Waals surface area contributed by atoms with Crippen molar-refractivity contribution in [2.45, 2.75) is 25.4 Å². The van der Waals surface area contributed by atoms with Crippen LogP contribution in [0.3, 0.4) is 0 Å². The van der Waals surface area contributed by atoms with Crippen LogP contribution >= 0.6 is 11.6 Å². The number of likely N-dealkylation sites (tertiary alicyclic amines) is 1. The van der Waals surface area contributed by atoms with Gasteiger partial charge in [-0.2, -0.15) is 0 Å². The van der Waals surface area contributed by atoms with E-state index in [-0.39, 0.29) is 23.4 Å². The van der Waals surface area contributed by atoms with Crippen LogP contribution in [0.4, 0.5) is 4.39 Å². The van der Waals surface area contributed by atoms with Gasteiger partial charge in [0.15, 0.2) is 0 Å². The fourth-order valence-electron chi connectivity index (χ4n) is 2.68. The van der Waals surface area contributed by atoms with E-state index < -0.39 is 40.7 Å². The molecule has 1 aromatic carbocycles. The third-order valence-electron chi connectivity index (χ3n) is 3.85. The fourth-order valence-corrected chi connectivity index (χ4v) is 3.03. The first-order valence-corrected chi connectivity index (χ1v) is 7.12. The van der Waals surface area contributed by atoms with Gasteiger partial charge in [0.25, 0.3) is 11.7 Å². The summed E-state index contributed by atoms with van der Waals surface area (Å²) in [7, 11) is 0. The Hall–Kier alpha value is -2.41. The van der Waals surface area contributed by atoms with Crippen molar-refractivity contribution in [2.75, 3.05) is 0 Å². The van der Waals surface area contributed by atoms with E-state index in [2.05, 4.69) is 0 Å². The fraction of sp³-hybridized carbons (Fsp3) is 0.267. The molecule has 8 heteroatoms. The normalized spacial score (nSPS) is 24.7. The number of carbonyl (C=O) groups is 3. The number of halogens is 2. The maximum absolute atomic E-state index is 14.1. The van der Waals surface area contributed by atoms with E-state index in [4.69, 9.17) is 16.3 Å². The van der Waals surface area contributed by atoms with Crippen molar-refractivity contribution in [3.05, 3.63) is 46.2 Å². The molecule has 0 aliphatic carbocycles. The monoisotopic (exact) mass is 339 g/mol. The molecule has 1 N–H and O–H groups in total. The summed E-state index contributed by atoms with van der Waals surface area (Å²) in [5.41, 5.74) is -2.24.